The van der Waals surface area contributed by atoms with E-state index in [-0.39, 0.29) is 5.54 Å². The van der Waals surface area contributed by atoms with Crippen LogP contribution in [-0.2, 0) is 12.1 Å². The second-order valence-electron chi connectivity index (χ2n) is 5.81. The van der Waals surface area contributed by atoms with Crippen LogP contribution in [-0.4, -0.2) is 27.8 Å². The molecule has 2 aromatic rings. The predicted octanol–water partition coefficient (Wildman–Crippen LogP) is 1.97. The number of guanidine groups is 1. The molecule has 0 atom stereocenters. The van der Waals surface area contributed by atoms with E-state index >= 15 is 0 Å². The van der Waals surface area contributed by atoms with E-state index in [1.807, 2.05) is 28.9 Å². The summed E-state index contributed by atoms with van der Waals surface area (Å²) in [6.07, 6.45) is 1.53. The van der Waals surface area contributed by atoms with Gasteiger partial charge in [-0.3, -0.25) is 0 Å². The molecular formula is C15H22N6O. The Kier molecular flexibility index (Phi) is 4.65. The molecule has 7 heteroatoms. The summed E-state index contributed by atoms with van der Waals surface area (Å²) in [5.41, 5.74) is 6.61. The van der Waals surface area contributed by atoms with Crippen molar-refractivity contribution in [2.45, 2.75) is 32.9 Å². The predicted molar refractivity (Wildman–Crippen MR) is 87.0 cm³/mol. The maximum absolute atomic E-state index is 5.90. The molecule has 1 heterocycles. The molecule has 0 saturated heterocycles. The third-order valence-electron chi connectivity index (χ3n) is 3.01. The molecule has 0 spiro atoms. The zero-order valence-electron chi connectivity index (χ0n) is 13.4. The molecule has 0 saturated carbocycles. The van der Waals surface area contributed by atoms with Gasteiger partial charge in [0.1, 0.15) is 24.4 Å². The number of rotatable bonds is 4. The van der Waals surface area contributed by atoms with Crippen molar-refractivity contribution in [2.24, 2.45) is 10.7 Å². The summed E-state index contributed by atoms with van der Waals surface area (Å²) in [5, 5.41) is 7.26. The highest BCUT2D eigenvalue weighted by molar-refractivity contribution is 5.92. The van der Waals surface area contributed by atoms with Crippen LogP contribution >= 0.6 is 0 Å². The van der Waals surface area contributed by atoms with Crippen LogP contribution in [0, 0.1) is 0 Å². The minimum absolute atomic E-state index is 0.139. The number of nitrogens with two attached hydrogens (primary N) is 1. The Labute approximate surface area is 130 Å². The number of anilines is 1. The first-order valence-electron chi connectivity index (χ1n) is 7.00. The fraction of sp³-hybridized carbons (Fsp3) is 0.400. The maximum Gasteiger partial charge on any atom is 0.193 e. The number of hydrogen-bond acceptors (Lipinski definition) is 4. The van der Waals surface area contributed by atoms with Gasteiger partial charge in [-0.1, -0.05) is 0 Å². The number of benzene rings is 1. The van der Waals surface area contributed by atoms with Crippen LogP contribution in [0.4, 0.5) is 5.69 Å². The quantitative estimate of drug-likeness (QED) is 0.665. The highest BCUT2D eigenvalue weighted by Gasteiger charge is 2.17. The van der Waals surface area contributed by atoms with E-state index in [2.05, 4.69) is 41.2 Å². The minimum Gasteiger partial charge on any atom is -0.497 e. The van der Waals surface area contributed by atoms with Crippen LogP contribution in [0.15, 0.2) is 35.6 Å². The standard InChI is InChI=1S/C15H22N6O/c1-15(2,3)21-13(18-10-19-21)9-17-14(16)20-11-5-7-12(22-4)8-6-11/h5-8,10H,9H2,1-4H3,(H3,16,17,20). The molecule has 0 unspecified atom stereocenters. The molecule has 2 rings (SSSR count). The van der Waals surface area contributed by atoms with Gasteiger partial charge in [0.2, 0.25) is 0 Å². The van der Waals surface area contributed by atoms with Gasteiger partial charge in [0.15, 0.2) is 5.96 Å². The van der Waals surface area contributed by atoms with Crippen LogP contribution in [0.25, 0.3) is 0 Å². The van der Waals surface area contributed by atoms with Crippen LogP contribution < -0.4 is 15.8 Å². The first kappa shape index (κ1) is 15.8. The lowest BCUT2D eigenvalue weighted by atomic mass is 10.1. The lowest BCUT2D eigenvalue weighted by molar-refractivity contribution is 0.342. The monoisotopic (exact) mass is 302 g/mol. The Morgan fingerprint density at radius 2 is 2.00 bits per heavy atom. The van der Waals surface area contributed by atoms with Gasteiger partial charge in [0.05, 0.1) is 12.6 Å². The maximum atomic E-state index is 5.90. The smallest absolute Gasteiger partial charge is 0.193 e. The van der Waals surface area contributed by atoms with Gasteiger partial charge in [-0.25, -0.2) is 14.7 Å². The van der Waals surface area contributed by atoms with Gasteiger partial charge < -0.3 is 15.8 Å². The van der Waals surface area contributed by atoms with E-state index in [0.717, 1.165) is 17.3 Å². The van der Waals surface area contributed by atoms with E-state index in [1.54, 1.807) is 7.11 Å². The van der Waals surface area contributed by atoms with E-state index in [1.165, 1.54) is 6.33 Å². The molecule has 1 aromatic heterocycles. The number of aromatic nitrogens is 3. The Morgan fingerprint density at radius 1 is 1.32 bits per heavy atom. The van der Waals surface area contributed by atoms with Crippen LogP contribution in [0.1, 0.15) is 26.6 Å². The lowest BCUT2D eigenvalue weighted by Gasteiger charge is -2.20. The second kappa shape index (κ2) is 6.46. The van der Waals surface area contributed by atoms with Crippen LogP contribution in [0.5, 0.6) is 5.75 Å². The van der Waals surface area contributed by atoms with E-state index in [9.17, 15) is 0 Å². The highest BCUT2D eigenvalue weighted by Crippen LogP contribution is 2.16. The van der Waals surface area contributed by atoms with Crippen molar-refractivity contribution in [2.75, 3.05) is 12.4 Å². The molecule has 0 aliphatic rings. The summed E-state index contributed by atoms with van der Waals surface area (Å²) in [4.78, 5) is 8.54. The summed E-state index contributed by atoms with van der Waals surface area (Å²) in [5.74, 6) is 1.89. The number of hydrogen-bond donors (Lipinski definition) is 2. The molecule has 22 heavy (non-hydrogen) atoms. The van der Waals surface area contributed by atoms with Crippen molar-refractivity contribution in [1.82, 2.24) is 14.8 Å². The zero-order chi connectivity index (χ0) is 16.2. The fourth-order valence-corrected chi connectivity index (χ4v) is 1.95. The van der Waals surface area contributed by atoms with E-state index in [0.29, 0.717) is 12.5 Å². The Bertz CT molecular complexity index is 639. The first-order valence-corrected chi connectivity index (χ1v) is 7.00. The first-order chi connectivity index (χ1) is 10.4. The van der Waals surface area contributed by atoms with Gasteiger partial charge in [-0.2, -0.15) is 5.10 Å². The third kappa shape index (κ3) is 3.97. The molecule has 0 fully saturated rings. The Balaban J connectivity index is 2.02. The van der Waals surface area contributed by atoms with Gasteiger partial charge in [0, 0.05) is 5.69 Å². The topological polar surface area (TPSA) is 90.3 Å². The molecule has 0 aliphatic carbocycles. The van der Waals surface area contributed by atoms with Crippen molar-refractivity contribution in [1.29, 1.82) is 0 Å². The molecule has 0 amide bonds. The van der Waals surface area contributed by atoms with E-state index in [4.69, 9.17) is 10.5 Å². The van der Waals surface area contributed by atoms with Gasteiger partial charge in [-0.05, 0) is 45.0 Å². The fourth-order valence-electron chi connectivity index (χ4n) is 1.95. The number of aliphatic imine (C=N–C) groups is 1. The molecule has 0 aliphatic heterocycles. The zero-order valence-corrected chi connectivity index (χ0v) is 13.4. The number of ether oxygens (including phenoxy) is 1. The molecule has 0 bridgehead atoms. The second-order valence-corrected chi connectivity index (χ2v) is 5.81. The largest absolute Gasteiger partial charge is 0.497 e. The van der Waals surface area contributed by atoms with E-state index < -0.39 is 0 Å². The highest BCUT2D eigenvalue weighted by atomic mass is 16.5. The van der Waals surface area contributed by atoms with Crippen molar-refractivity contribution in [3.05, 3.63) is 36.4 Å². The molecule has 0 radical (unpaired) electrons. The third-order valence-corrected chi connectivity index (χ3v) is 3.01. The van der Waals surface area contributed by atoms with Gasteiger partial charge in [-0.15, -0.1) is 0 Å². The Morgan fingerprint density at radius 3 is 2.59 bits per heavy atom. The molecule has 7 nitrogen and oxygen atoms in total. The lowest BCUT2D eigenvalue weighted by Crippen LogP contribution is -2.26. The molecule has 118 valence electrons. The van der Waals surface area contributed by atoms with Gasteiger partial charge >= 0.3 is 0 Å². The molecular weight excluding hydrogens is 280 g/mol. The minimum atomic E-state index is -0.139. The number of nitrogens with zero attached hydrogens (tertiary/aromatic N) is 4. The SMILES string of the molecule is COc1ccc(NC(N)=NCc2ncnn2C(C)(C)C)cc1. The van der Waals surface area contributed by atoms with Crippen molar-refractivity contribution in [3.63, 3.8) is 0 Å². The summed E-state index contributed by atoms with van der Waals surface area (Å²) >= 11 is 0. The summed E-state index contributed by atoms with van der Waals surface area (Å²) in [7, 11) is 1.63. The van der Waals surface area contributed by atoms with Crippen LogP contribution in [0.2, 0.25) is 0 Å². The summed E-state index contributed by atoms with van der Waals surface area (Å²) in [6.45, 7) is 6.56. The summed E-state index contributed by atoms with van der Waals surface area (Å²) in [6, 6.07) is 7.45. The number of methoxy groups -OCH3 is 1. The molecule has 1 aromatic carbocycles. The normalized spacial score (nSPS) is 12.3. The average molecular weight is 302 g/mol. The van der Waals surface area contributed by atoms with Crippen molar-refractivity contribution < 1.29 is 4.74 Å². The van der Waals surface area contributed by atoms with Crippen molar-refractivity contribution >= 4 is 11.6 Å². The Hall–Kier alpha value is -2.57. The van der Waals surface area contributed by atoms with Crippen molar-refractivity contribution in [3.8, 4) is 5.75 Å². The summed E-state index contributed by atoms with van der Waals surface area (Å²) < 4.78 is 6.95. The molecule has 3 N–H and O–H groups in total. The van der Waals surface area contributed by atoms with Crippen LogP contribution in [0.3, 0.4) is 0 Å². The average Bonchev–Trinajstić information content (AvgIpc) is 2.94. The number of nitrogens with one attached hydrogen (secondary N) is 1. The van der Waals surface area contributed by atoms with Gasteiger partial charge in [0.25, 0.3) is 0 Å².